The monoisotopic (exact) mass is 334 g/mol. The molecule has 0 bridgehead atoms. The van der Waals surface area contributed by atoms with Crippen LogP contribution in [-0.2, 0) is 4.79 Å². The highest BCUT2D eigenvalue weighted by Crippen LogP contribution is 2.16. The van der Waals surface area contributed by atoms with E-state index in [1.54, 1.807) is 0 Å². The van der Waals surface area contributed by atoms with Crippen molar-refractivity contribution in [2.75, 3.05) is 31.6 Å². The van der Waals surface area contributed by atoms with E-state index < -0.39 is 0 Å². The van der Waals surface area contributed by atoms with E-state index in [2.05, 4.69) is 31.0 Å². The predicted octanol–water partition coefficient (Wildman–Crippen LogP) is 4.71. The minimum absolute atomic E-state index is 0.0988. The van der Waals surface area contributed by atoms with Crippen molar-refractivity contribution in [2.45, 2.75) is 59.3 Å². The van der Waals surface area contributed by atoms with Gasteiger partial charge in [0.1, 0.15) is 12.4 Å². The van der Waals surface area contributed by atoms with Gasteiger partial charge in [-0.05, 0) is 43.8 Å². The van der Waals surface area contributed by atoms with Gasteiger partial charge in [0.15, 0.2) is 0 Å². The number of ether oxygens (including phenoxy) is 1. The van der Waals surface area contributed by atoms with Crippen LogP contribution in [0.4, 0.5) is 5.69 Å². The second-order valence-electron chi connectivity index (χ2n) is 6.11. The van der Waals surface area contributed by atoms with Gasteiger partial charge in [-0.1, -0.05) is 46.5 Å². The van der Waals surface area contributed by atoms with Crippen molar-refractivity contribution in [3.05, 3.63) is 24.3 Å². The fourth-order valence-electron chi connectivity index (χ4n) is 2.58. The van der Waals surface area contributed by atoms with E-state index in [9.17, 15) is 4.79 Å². The Kier molecular flexibility index (Phi) is 10.9. The number of carbonyl (C=O) groups is 1. The van der Waals surface area contributed by atoms with Gasteiger partial charge in [0.2, 0.25) is 5.91 Å². The zero-order valence-electron chi connectivity index (χ0n) is 15.6. The highest BCUT2D eigenvalue weighted by atomic mass is 16.5. The molecule has 1 aromatic carbocycles. The van der Waals surface area contributed by atoms with Crippen LogP contribution in [0.15, 0.2) is 24.3 Å². The van der Waals surface area contributed by atoms with Gasteiger partial charge in [-0.2, -0.15) is 0 Å². The van der Waals surface area contributed by atoms with Gasteiger partial charge in [-0.25, -0.2) is 0 Å². The molecule has 0 radical (unpaired) electrons. The number of rotatable bonds is 13. The van der Waals surface area contributed by atoms with Crippen molar-refractivity contribution in [2.24, 2.45) is 0 Å². The Morgan fingerprint density at radius 3 is 2.29 bits per heavy atom. The van der Waals surface area contributed by atoms with Crippen LogP contribution in [0, 0.1) is 0 Å². The molecule has 0 aliphatic heterocycles. The molecule has 0 fully saturated rings. The van der Waals surface area contributed by atoms with Crippen LogP contribution in [-0.4, -0.2) is 37.0 Å². The smallest absolute Gasteiger partial charge is 0.224 e. The number of anilines is 1. The third-order valence-corrected chi connectivity index (χ3v) is 4.22. The summed E-state index contributed by atoms with van der Waals surface area (Å²) in [5, 5.41) is 2.95. The Hall–Kier alpha value is -1.55. The Morgan fingerprint density at radius 1 is 1.00 bits per heavy atom. The lowest BCUT2D eigenvalue weighted by Crippen LogP contribution is -2.27. The molecule has 24 heavy (non-hydrogen) atoms. The fourth-order valence-corrected chi connectivity index (χ4v) is 2.58. The summed E-state index contributed by atoms with van der Waals surface area (Å²) in [5.41, 5.74) is 0.838. The number of likely N-dealkylation sites (N-methyl/N-ethyl adjacent to an activating group) is 1. The molecule has 0 aromatic heterocycles. The standard InChI is InChI=1S/C20H34N2O2/c1-4-7-8-9-10-11-20(23)21-18-12-14-19(15-13-18)24-17-16-22(5-2)6-3/h12-15H,4-11,16-17H2,1-3H3,(H,21,23). The van der Waals surface area contributed by atoms with E-state index in [-0.39, 0.29) is 5.91 Å². The summed E-state index contributed by atoms with van der Waals surface area (Å²) in [6.07, 6.45) is 6.43. The van der Waals surface area contributed by atoms with Crippen LogP contribution < -0.4 is 10.1 Å². The van der Waals surface area contributed by atoms with Gasteiger partial charge in [0.25, 0.3) is 0 Å². The molecule has 0 saturated carbocycles. The third kappa shape index (κ3) is 8.92. The molecule has 0 heterocycles. The number of nitrogens with zero attached hydrogens (tertiary/aromatic N) is 1. The van der Waals surface area contributed by atoms with Gasteiger partial charge in [0.05, 0.1) is 0 Å². The lowest BCUT2D eigenvalue weighted by Gasteiger charge is -2.18. The molecule has 136 valence electrons. The molecule has 1 rings (SSSR count). The second kappa shape index (κ2) is 12.8. The van der Waals surface area contributed by atoms with Crippen molar-refractivity contribution in [1.29, 1.82) is 0 Å². The molecular weight excluding hydrogens is 300 g/mol. The molecule has 4 heteroatoms. The quantitative estimate of drug-likeness (QED) is 0.531. The lowest BCUT2D eigenvalue weighted by molar-refractivity contribution is -0.116. The summed E-state index contributed by atoms with van der Waals surface area (Å²) in [6.45, 7) is 10.2. The van der Waals surface area contributed by atoms with E-state index in [4.69, 9.17) is 4.74 Å². The normalized spacial score (nSPS) is 10.8. The average molecular weight is 335 g/mol. The van der Waals surface area contributed by atoms with Gasteiger partial charge in [0, 0.05) is 18.7 Å². The van der Waals surface area contributed by atoms with Crippen LogP contribution in [0.5, 0.6) is 5.75 Å². The van der Waals surface area contributed by atoms with E-state index in [0.29, 0.717) is 13.0 Å². The molecule has 0 aliphatic rings. The van der Waals surface area contributed by atoms with Crippen LogP contribution in [0.1, 0.15) is 59.3 Å². The molecule has 1 aromatic rings. The molecule has 0 saturated heterocycles. The first-order valence-electron chi connectivity index (χ1n) is 9.44. The van der Waals surface area contributed by atoms with Crippen LogP contribution >= 0.6 is 0 Å². The summed E-state index contributed by atoms with van der Waals surface area (Å²) in [6, 6.07) is 7.64. The minimum atomic E-state index is 0.0988. The first kappa shape index (κ1) is 20.5. The average Bonchev–Trinajstić information content (AvgIpc) is 2.60. The minimum Gasteiger partial charge on any atom is -0.492 e. The zero-order chi connectivity index (χ0) is 17.6. The van der Waals surface area contributed by atoms with Crippen LogP contribution in [0.3, 0.4) is 0 Å². The predicted molar refractivity (Wildman–Crippen MR) is 102 cm³/mol. The SMILES string of the molecule is CCCCCCCC(=O)Nc1ccc(OCCN(CC)CC)cc1. The number of hydrogen-bond donors (Lipinski definition) is 1. The Balaban J connectivity index is 2.25. The highest BCUT2D eigenvalue weighted by molar-refractivity contribution is 5.90. The van der Waals surface area contributed by atoms with E-state index >= 15 is 0 Å². The van der Waals surface area contributed by atoms with Crippen molar-refractivity contribution in [1.82, 2.24) is 4.90 Å². The molecule has 0 aliphatic carbocycles. The first-order valence-corrected chi connectivity index (χ1v) is 9.44. The molecule has 0 spiro atoms. The Bertz CT molecular complexity index is 441. The summed E-state index contributed by atoms with van der Waals surface area (Å²) < 4.78 is 5.75. The van der Waals surface area contributed by atoms with Gasteiger partial charge in [-0.15, -0.1) is 0 Å². The van der Waals surface area contributed by atoms with E-state index in [0.717, 1.165) is 43.9 Å². The molecular formula is C20H34N2O2. The van der Waals surface area contributed by atoms with Crippen LogP contribution in [0.25, 0.3) is 0 Å². The fraction of sp³-hybridized carbons (Fsp3) is 0.650. The summed E-state index contributed by atoms with van der Waals surface area (Å²) in [7, 11) is 0. The first-order chi connectivity index (χ1) is 11.7. The molecule has 1 N–H and O–H groups in total. The topological polar surface area (TPSA) is 41.6 Å². The number of hydrogen-bond acceptors (Lipinski definition) is 3. The number of amides is 1. The van der Waals surface area contributed by atoms with E-state index in [1.807, 2.05) is 24.3 Å². The second-order valence-corrected chi connectivity index (χ2v) is 6.11. The third-order valence-electron chi connectivity index (χ3n) is 4.22. The van der Waals surface area contributed by atoms with Crippen molar-refractivity contribution < 1.29 is 9.53 Å². The van der Waals surface area contributed by atoms with Gasteiger partial charge in [-0.3, -0.25) is 4.79 Å². The maximum Gasteiger partial charge on any atom is 0.224 e. The van der Waals surface area contributed by atoms with Gasteiger partial charge < -0.3 is 15.0 Å². The molecule has 0 unspecified atom stereocenters. The number of nitrogens with one attached hydrogen (secondary N) is 1. The molecule has 0 atom stereocenters. The van der Waals surface area contributed by atoms with Crippen molar-refractivity contribution in [3.8, 4) is 5.75 Å². The summed E-state index contributed by atoms with van der Waals surface area (Å²) in [4.78, 5) is 14.2. The van der Waals surface area contributed by atoms with Crippen LogP contribution in [0.2, 0.25) is 0 Å². The summed E-state index contributed by atoms with van der Waals surface area (Å²) >= 11 is 0. The number of benzene rings is 1. The number of unbranched alkanes of at least 4 members (excludes halogenated alkanes) is 4. The van der Waals surface area contributed by atoms with Crippen molar-refractivity contribution in [3.63, 3.8) is 0 Å². The number of carbonyl (C=O) groups excluding carboxylic acids is 1. The molecule has 1 amide bonds. The maximum absolute atomic E-state index is 11.9. The largest absolute Gasteiger partial charge is 0.492 e. The van der Waals surface area contributed by atoms with E-state index in [1.165, 1.54) is 19.3 Å². The van der Waals surface area contributed by atoms with Crippen molar-refractivity contribution >= 4 is 11.6 Å². The Labute approximate surface area is 147 Å². The maximum atomic E-state index is 11.9. The summed E-state index contributed by atoms with van der Waals surface area (Å²) in [5.74, 6) is 0.946. The Morgan fingerprint density at radius 2 is 1.67 bits per heavy atom. The molecule has 4 nitrogen and oxygen atoms in total. The van der Waals surface area contributed by atoms with Gasteiger partial charge >= 0.3 is 0 Å². The lowest BCUT2D eigenvalue weighted by atomic mass is 10.1. The zero-order valence-corrected chi connectivity index (χ0v) is 15.6. The highest BCUT2D eigenvalue weighted by Gasteiger charge is 2.03.